The molecule has 0 saturated carbocycles. The molecule has 1 N–H and O–H groups in total. The number of ether oxygens (including phenoxy) is 1. The fourth-order valence-electron chi connectivity index (χ4n) is 3.61. The molecule has 1 aromatic rings. The van der Waals surface area contributed by atoms with Gasteiger partial charge in [-0.2, -0.15) is 0 Å². The summed E-state index contributed by atoms with van der Waals surface area (Å²) in [4.78, 5) is 2.54. The van der Waals surface area contributed by atoms with Crippen LogP contribution in [0.1, 0.15) is 37.8 Å². The van der Waals surface area contributed by atoms with Gasteiger partial charge >= 0.3 is 0 Å². The van der Waals surface area contributed by atoms with Crippen LogP contribution in [0.15, 0.2) is 12.1 Å². The Morgan fingerprint density at radius 3 is 2.90 bits per heavy atom. The molecular weight excluding hydrogens is 284 g/mol. The lowest BCUT2D eigenvalue weighted by Gasteiger charge is -2.43. The van der Waals surface area contributed by atoms with Crippen LogP contribution in [0.25, 0.3) is 0 Å². The van der Waals surface area contributed by atoms with Crippen molar-refractivity contribution in [2.75, 3.05) is 26.2 Å². The van der Waals surface area contributed by atoms with Crippen molar-refractivity contribution in [3.8, 4) is 5.75 Å². The number of piperazine rings is 1. The average Bonchev–Trinajstić information content (AvgIpc) is 2.95. The van der Waals surface area contributed by atoms with E-state index in [0.29, 0.717) is 0 Å². The van der Waals surface area contributed by atoms with E-state index in [9.17, 15) is 0 Å². The second-order valence-corrected chi connectivity index (χ2v) is 6.71. The number of hydrogen-bond acceptors (Lipinski definition) is 3. The molecule has 0 atom stereocenters. The predicted molar refractivity (Wildman–Crippen MR) is 87.2 cm³/mol. The molecule has 0 radical (unpaired) electrons. The highest BCUT2D eigenvalue weighted by Gasteiger charge is 2.32. The van der Waals surface area contributed by atoms with Crippen molar-refractivity contribution in [2.45, 2.75) is 45.2 Å². The van der Waals surface area contributed by atoms with Crippen LogP contribution >= 0.6 is 11.6 Å². The van der Waals surface area contributed by atoms with Crippen LogP contribution in [0, 0.1) is 0 Å². The van der Waals surface area contributed by atoms with Crippen LogP contribution in [0.5, 0.6) is 5.75 Å². The highest BCUT2D eigenvalue weighted by Crippen LogP contribution is 2.34. The molecule has 3 rings (SSSR count). The maximum Gasteiger partial charge on any atom is 0.127 e. The van der Waals surface area contributed by atoms with E-state index in [2.05, 4.69) is 30.1 Å². The summed E-state index contributed by atoms with van der Waals surface area (Å²) >= 11 is 6.27. The third-order valence-corrected chi connectivity index (χ3v) is 5.25. The first-order valence-electron chi connectivity index (χ1n) is 8.07. The van der Waals surface area contributed by atoms with Crippen LogP contribution < -0.4 is 10.1 Å². The fraction of sp³-hybridized carbons (Fsp3) is 0.647. The number of fused-ring (bicyclic) bond motifs is 1. The molecule has 0 aromatic heterocycles. The Hall–Kier alpha value is -0.770. The highest BCUT2D eigenvalue weighted by atomic mass is 35.5. The Balaban J connectivity index is 1.78. The molecule has 0 aliphatic carbocycles. The van der Waals surface area contributed by atoms with Crippen molar-refractivity contribution in [3.05, 3.63) is 28.3 Å². The molecule has 0 amide bonds. The van der Waals surface area contributed by atoms with Gasteiger partial charge in [-0.25, -0.2) is 0 Å². The molecule has 0 bridgehead atoms. The molecule has 2 aliphatic heterocycles. The second kappa shape index (κ2) is 6.15. The summed E-state index contributed by atoms with van der Waals surface area (Å²) in [6.45, 7) is 9.53. The van der Waals surface area contributed by atoms with Gasteiger partial charge in [0, 0.05) is 48.7 Å². The van der Waals surface area contributed by atoms with E-state index in [1.54, 1.807) is 0 Å². The summed E-state index contributed by atoms with van der Waals surface area (Å²) in [6, 6.07) is 4.13. The predicted octanol–water partition coefficient (Wildman–Crippen LogP) is 3.24. The van der Waals surface area contributed by atoms with Crippen LogP contribution in [0.4, 0.5) is 0 Å². The maximum absolute atomic E-state index is 6.27. The van der Waals surface area contributed by atoms with E-state index < -0.39 is 0 Å². The number of benzene rings is 1. The van der Waals surface area contributed by atoms with E-state index in [1.807, 2.05) is 6.07 Å². The molecule has 0 spiro atoms. The molecule has 4 heteroatoms. The minimum Gasteiger partial charge on any atom is -0.493 e. The number of nitrogens with one attached hydrogen (secondary N) is 1. The van der Waals surface area contributed by atoms with Crippen molar-refractivity contribution in [1.82, 2.24) is 10.2 Å². The summed E-state index contributed by atoms with van der Waals surface area (Å²) < 4.78 is 5.83. The van der Waals surface area contributed by atoms with E-state index in [4.69, 9.17) is 16.3 Å². The Morgan fingerprint density at radius 1 is 1.33 bits per heavy atom. The number of rotatable bonds is 4. The van der Waals surface area contributed by atoms with Gasteiger partial charge in [0.15, 0.2) is 0 Å². The highest BCUT2D eigenvalue weighted by molar-refractivity contribution is 6.30. The van der Waals surface area contributed by atoms with Crippen molar-refractivity contribution in [3.63, 3.8) is 0 Å². The molecule has 1 fully saturated rings. The first-order chi connectivity index (χ1) is 10.2. The first kappa shape index (κ1) is 15.1. The molecule has 3 nitrogen and oxygen atoms in total. The summed E-state index contributed by atoms with van der Waals surface area (Å²) in [6.07, 6.45) is 3.33. The quantitative estimate of drug-likeness (QED) is 0.924. The van der Waals surface area contributed by atoms with Crippen molar-refractivity contribution in [2.24, 2.45) is 0 Å². The van der Waals surface area contributed by atoms with Crippen LogP contribution in [-0.2, 0) is 13.0 Å². The lowest BCUT2D eigenvalue weighted by atomic mass is 9.90. The summed E-state index contributed by atoms with van der Waals surface area (Å²) in [5, 5.41) is 4.55. The largest absolute Gasteiger partial charge is 0.493 e. The van der Waals surface area contributed by atoms with Gasteiger partial charge in [0.1, 0.15) is 5.75 Å². The smallest absolute Gasteiger partial charge is 0.127 e. The Labute approximate surface area is 132 Å². The topological polar surface area (TPSA) is 24.5 Å². The molecular formula is C17H25ClN2O. The summed E-state index contributed by atoms with van der Waals surface area (Å²) in [7, 11) is 0. The zero-order valence-electron chi connectivity index (χ0n) is 13.0. The van der Waals surface area contributed by atoms with E-state index in [1.165, 1.54) is 24.0 Å². The molecule has 21 heavy (non-hydrogen) atoms. The van der Waals surface area contributed by atoms with Crippen LogP contribution in [-0.4, -0.2) is 36.7 Å². The summed E-state index contributed by atoms with van der Waals surface area (Å²) in [5.74, 6) is 1.08. The van der Waals surface area contributed by atoms with E-state index >= 15 is 0 Å². The Kier molecular flexibility index (Phi) is 4.43. The zero-order valence-corrected chi connectivity index (χ0v) is 13.8. The van der Waals surface area contributed by atoms with Gasteiger partial charge in [-0.3, -0.25) is 4.90 Å². The standard InChI is InChI=1S/C17H25ClN2O/c1-3-17(4-2)12-20(7-6-19-17)11-14-10-15(18)9-13-5-8-21-16(13)14/h9-10,19H,3-8,11-12H2,1-2H3. The number of halogens is 1. The zero-order chi connectivity index (χ0) is 14.9. The van der Waals surface area contributed by atoms with Crippen LogP contribution in [0.2, 0.25) is 5.02 Å². The monoisotopic (exact) mass is 308 g/mol. The van der Waals surface area contributed by atoms with Gasteiger partial charge in [-0.05, 0) is 30.5 Å². The van der Waals surface area contributed by atoms with Gasteiger partial charge < -0.3 is 10.1 Å². The van der Waals surface area contributed by atoms with E-state index in [-0.39, 0.29) is 5.54 Å². The molecule has 116 valence electrons. The van der Waals surface area contributed by atoms with Crippen molar-refractivity contribution in [1.29, 1.82) is 0 Å². The van der Waals surface area contributed by atoms with Gasteiger partial charge in [0.05, 0.1) is 6.61 Å². The molecule has 1 aromatic carbocycles. The van der Waals surface area contributed by atoms with Gasteiger partial charge in [-0.15, -0.1) is 0 Å². The van der Waals surface area contributed by atoms with Crippen LogP contribution in [0.3, 0.4) is 0 Å². The lowest BCUT2D eigenvalue weighted by molar-refractivity contribution is 0.117. The summed E-state index contributed by atoms with van der Waals surface area (Å²) in [5.41, 5.74) is 2.78. The third-order valence-electron chi connectivity index (χ3n) is 5.03. The maximum atomic E-state index is 6.27. The second-order valence-electron chi connectivity index (χ2n) is 6.28. The Morgan fingerprint density at radius 2 is 2.14 bits per heavy atom. The number of hydrogen-bond donors (Lipinski definition) is 1. The van der Waals surface area contributed by atoms with Crippen molar-refractivity contribution < 1.29 is 4.74 Å². The minimum atomic E-state index is 0.265. The van der Waals surface area contributed by atoms with Gasteiger partial charge in [-0.1, -0.05) is 25.4 Å². The molecule has 0 unspecified atom stereocenters. The SMILES string of the molecule is CCC1(CC)CN(Cc2cc(Cl)cc3c2OCC3)CCN1. The average molecular weight is 309 g/mol. The molecule has 1 saturated heterocycles. The first-order valence-corrected chi connectivity index (χ1v) is 8.45. The van der Waals surface area contributed by atoms with Gasteiger partial charge in [0.2, 0.25) is 0 Å². The van der Waals surface area contributed by atoms with Crippen molar-refractivity contribution >= 4 is 11.6 Å². The molecule has 2 aliphatic rings. The van der Waals surface area contributed by atoms with E-state index in [0.717, 1.165) is 50.0 Å². The number of nitrogens with zero attached hydrogens (tertiary/aromatic N) is 1. The fourth-order valence-corrected chi connectivity index (χ4v) is 3.87. The minimum absolute atomic E-state index is 0.265. The van der Waals surface area contributed by atoms with Gasteiger partial charge in [0.25, 0.3) is 0 Å². The third kappa shape index (κ3) is 3.05. The molecule has 2 heterocycles. The normalized spacial score (nSPS) is 21.1. The lowest BCUT2D eigenvalue weighted by Crippen LogP contribution is -2.59. The Bertz CT molecular complexity index is 514.